The van der Waals surface area contributed by atoms with Crippen LogP contribution in [0, 0.1) is 11.3 Å². The minimum Gasteiger partial charge on any atom is -0.279 e. The Bertz CT molecular complexity index is 406. The highest BCUT2D eigenvalue weighted by Crippen LogP contribution is 2.21. The molecule has 54 valence electrons. The van der Waals surface area contributed by atoms with Gasteiger partial charge in [0.05, 0.1) is 22.9 Å². The lowest BCUT2D eigenvalue weighted by atomic mass is 10.3. The van der Waals surface area contributed by atoms with Crippen molar-refractivity contribution in [2.45, 2.75) is 6.42 Å². The number of nitrogens with one attached hydrogen (secondary N) is 1. The topological polar surface area (TPSA) is 52.5 Å². The fourth-order valence-corrected chi connectivity index (χ4v) is 1.82. The molecule has 2 rings (SSSR count). The number of nitrogens with zero attached hydrogens (tertiary/aromatic N) is 2. The molecule has 0 saturated heterocycles. The summed E-state index contributed by atoms with van der Waals surface area (Å²) in [4.78, 5) is 0. The molecule has 2 aromatic heterocycles. The molecule has 2 aromatic rings. The van der Waals surface area contributed by atoms with E-state index >= 15 is 0 Å². The molecular formula is C7H5N3S. The Kier molecular flexibility index (Phi) is 1.37. The van der Waals surface area contributed by atoms with E-state index in [9.17, 15) is 0 Å². The fraction of sp³-hybridized carbons (Fsp3) is 0.143. The van der Waals surface area contributed by atoms with E-state index in [0.717, 1.165) is 15.9 Å². The molecule has 0 fully saturated rings. The number of rotatable bonds is 1. The molecule has 0 aliphatic rings. The van der Waals surface area contributed by atoms with Gasteiger partial charge in [0.25, 0.3) is 0 Å². The van der Waals surface area contributed by atoms with E-state index in [1.54, 1.807) is 11.3 Å². The Morgan fingerprint density at radius 2 is 2.64 bits per heavy atom. The maximum atomic E-state index is 8.44. The van der Waals surface area contributed by atoms with Crippen LogP contribution < -0.4 is 0 Å². The number of aromatic amines is 1. The summed E-state index contributed by atoms with van der Waals surface area (Å²) < 4.78 is 1.10. The van der Waals surface area contributed by atoms with Crippen molar-refractivity contribution >= 4 is 21.6 Å². The molecule has 0 radical (unpaired) electrons. The number of nitriles is 1. The molecule has 0 amide bonds. The van der Waals surface area contributed by atoms with Crippen molar-refractivity contribution < 1.29 is 0 Å². The van der Waals surface area contributed by atoms with Gasteiger partial charge in [-0.3, -0.25) is 5.10 Å². The second-order valence-corrected chi connectivity index (χ2v) is 3.09. The molecule has 0 saturated carbocycles. The van der Waals surface area contributed by atoms with E-state index < -0.39 is 0 Å². The maximum Gasteiger partial charge on any atom is 0.103 e. The zero-order valence-electron chi connectivity index (χ0n) is 5.66. The Morgan fingerprint density at radius 1 is 1.73 bits per heavy atom. The average molecular weight is 163 g/mol. The van der Waals surface area contributed by atoms with Crippen molar-refractivity contribution in [2.75, 3.05) is 0 Å². The van der Waals surface area contributed by atoms with Crippen LogP contribution in [-0.4, -0.2) is 10.2 Å². The zero-order valence-corrected chi connectivity index (χ0v) is 6.48. The molecule has 0 spiro atoms. The van der Waals surface area contributed by atoms with Gasteiger partial charge in [-0.05, 0) is 11.4 Å². The average Bonchev–Trinajstić information content (AvgIpc) is 2.53. The number of hydrogen-bond acceptors (Lipinski definition) is 3. The first kappa shape index (κ1) is 6.38. The first-order valence-electron chi connectivity index (χ1n) is 3.19. The van der Waals surface area contributed by atoms with Gasteiger partial charge in [-0.25, -0.2) is 0 Å². The van der Waals surface area contributed by atoms with Crippen molar-refractivity contribution in [1.82, 2.24) is 10.2 Å². The van der Waals surface area contributed by atoms with Gasteiger partial charge < -0.3 is 0 Å². The van der Waals surface area contributed by atoms with Gasteiger partial charge in [-0.2, -0.15) is 10.4 Å². The molecule has 11 heavy (non-hydrogen) atoms. The molecule has 4 heteroatoms. The van der Waals surface area contributed by atoms with Crippen LogP contribution in [0.2, 0.25) is 0 Å². The number of thiophene rings is 1. The van der Waals surface area contributed by atoms with Crippen LogP contribution in [0.5, 0.6) is 0 Å². The number of H-pyrrole nitrogens is 1. The Hall–Kier alpha value is -1.34. The highest BCUT2D eigenvalue weighted by Gasteiger charge is 2.04. The third-order valence-electron chi connectivity index (χ3n) is 1.49. The van der Waals surface area contributed by atoms with Crippen LogP contribution in [0.3, 0.4) is 0 Å². The van der Waals surface area contributed by atoms with E-state index in [1.165, 1.54) is 0 Å². The number of hydrogen-bond donors (Lipinski definition) is 1. The molecule has 0 aliphatic carbocycles. The molecular weight excluding hydrogens is 158 g/mol. The first-order valence-corrected chi connectivity index (χ1v) is 4.07. The van der Waals surface area contributed by atoms with Gasteiger partial charge in [-0.15, -0.1) is 11.3 Å². The molecule has 0 aromatic carbocycles. The molecule has 1 N–H and O–H groups in total. The summed E-state index contributed by atoms with van der Waals surface area (Å²) in [5, 5.41) is 17.3. The molecule has 2 heterocycles. The third kappa shape index (κ3) is 0.900. The number of aromatic nitrogens is 2. The Labute approximate surface area is 67.3 Å². The predicted molar refractivity (Wildman–Crippen MR) is 43.3 cm³/mol. The van der Waals surface area contributed by atoms with E-state index in [4.69, 9.17) is 5.26 Å². The standard InChI is InChI=1S/C7H5N3S/c8-3-1-5-7-6(10-9-5)2-4-11-7/h2,4H,1H2,(H,9,10). The summed E-state index contributed by atoms with van der Waals surface area (Å²) in [5.74, 6) is 0. The first-order chi connectivity index (χ1) is 5.42. The van der Waals surface area contributed by atoms with Crippen LogP contribution in [0.25, 0.3) is 10.2 Å². The zero-order chi connectivity index (χ0) is 7.68. The molecule has 3 nitrogen and oxygen atoms in total. The summed E-state index contributed by atoms with van der Waals surface area (Å²) in [6.45, 7) is 0. The van der Waals surface area contributed by atoms with Crippen molar-refractivity contribution in [3.05, 3.63) is 17.1 Å². The van der Waals surface area contributed by atoms with Gasteiger partial charge in [0, 0.05) is 0 Å². The summed E-state index contributed by atoms with van der Waals surface area (Å²) in [7, 11) is 0. The second kappa shape index (κ2) is 2.36. The quantitative estimate of drug-likeness (QED) is 0.695. The maximum absolute atomic E-state index is 8.44. The van der Waals surface area contributed by atoms with Gasteiger partial charge in [-0.1, -0.05) is 0 Å². The van der Waals surface area contributed by atoms with Gasteiger partial charge in [0.2, 0.25) is 0 Å². The minimum atomic E-state index is 0.414. The van der Waals surface area contributed by atoms with Gasteiger partial charge >= 0.3 is 0 Å². The molecule has 0 atom stereocenters. The van der Waals surface area contributed by atoms with Crippen LogP contribution in [0.4, 0.5) is 0 Å². The van der Waals surface area contributed by atoms with E-state index in [1.807, 2.05) is 11.4 Å². The summed E-state index contributed by atoms with van der Waals surface area (Å²) in [5.41, 5.74) is 1.89. The van der Waals surface area contributed by atoms with Crippen molar-refractivity contribution in [3.63, 3.8) is 0 Å². The minimum absolute atomic E-state index is 0.414. The summed E-state index contributed by atoms with van der Waals surface area (Å²) in [6.07, 6.45) is 0.414. The predicted octanol–water partition coefficient (Wildman–Crippen LogP) is 1.69. The van der Waals surface area contributed by atoms with Crippen LogP contribution in [-0.2, 0) is 6.42 Å². The lowest BCUT2D eigenvalue weighted by molar-refractivity contribution is 1.03. The molecule has 0 unspecified atom stereocenters. The largest absolute Gasteiger partial charge is 0.279 e. The number of fused-ring (bicyclic) bond motifs is 1. The van der Waals surface area contributed by atoms with Gasteiger partial charge in [0.1, 0.15) is 5.52 Å². The second-order valence-electron chi connectivity index (χ2n) is 2.17. The van der Waals surface area contributed by atoms with Gasteiger partial charge in [0.15, 0.2) is 0 Å². The summed E-state index contributed by atoms with van der Waals surface area (Å²) >= 11 is 1.62. The Balaban J connectivity index is 2.61. The van der Waals surface area contributed by atoms with Crippen molar-refractivity contribution in [1.29, 1.82) is 5.26 Å². The highest BCUT2D eigenvalue weighted by molar-refractivity contribution is 7.17. The van der Waals surface area contributed by atoms with Crippen LogP contribution in [0.1, 0.15) is 5.69 Å². The molecule has 0 bridgehead atoms. The Morgan fingerprint density at radius 3 is 3.45 bits per heavy atom. The molecule has 0 aliphatic heterocycles. The lowest BCUT2D eigenvalue weighted by Gasteiger charge is -1.81. The normalized spacial score (nSPS) is 10.1. The lowest BCUT2D eigenvalue weighted by Crippen LogP contribution is -1.79. The summed E-state index contributed by atoms with van der Waals surface area (Å²) in [6, 6.07) is 4.03. The SMILES string of the molecule is N#CCc1[nH]nc2ccsc12. The fourth-order valence-electron chi connectivity index (χ4n) is 0.994. The van der Waals surface area contributed by atoms with Crippen molar-refractivity contribution in [2.24, 2.45) is 0 Å². The van der Waals surface area contributed by atoms with Crippen LogP contribution >= 0.6 is 11.3 Å². The van der Waals surface area contributed by atoms with Crippen LogP contribution in [0.15, 0.2) is 11.4 Å². The van der Waals surface area contributed by atoms with Crippen molar-refractivity contribution in [3.8, 4) is 6.07 Å². The van der Waals surface area contributed by atoms with E-state index in [-0.39, 0.29) is 0 Å². The highest BCUT2D eigenvalue weighted by atomic mass is 32.1. The van der Waals surface area contributed by atoms with E-state index in [2.05, 4.69) is 16.3 Å². The monoisotopic (exact) mass is 163 g/mol. The smallest absolute Gasteiger partial charge is 0.103 e. The van der Waals surface area contributed by atoms with E-state index in [0.29, 0.717) is 6.42 Å². The third-order valence-corrected chi connectivity index (χ3v) is 2.45.